The van der Waals surface area contributed by atoms with Crippen molar-refractivity contribution in [1.82, 2.24) is 5.32 Å². The van der Waals surface area contributed by atoms with Gasteiger partial charge >= 0.3 is 4.83 Å². The Hall–Kier alpha value is 0.0400. The Kier molecular flexibility index (Phi) is 4.81. The van der Waals surface area contributed by atoms with E-state index in [2.05, 4.69) is 21.2 Å². The number of hydrogen-bond acceptors (Lipinski definition) is 1. The third kappa shape index (κ3) is 8.04. The lowest BCUT2D eigenvalue weighted by Gasteiger charge is -1.98. The zero-order valence-corrected chi connectivity index (χ0v) is 7.29. The monoisotopic (exact) mass is 213 g/mol. The standard InChI is InChI=1S/C6H10BrF2N/c1-10-5-3-2-4-6(7,8)9/h2,4,10H,3,5H2,1H3/b4-2+. The van der Waals surface area contributed by atoms with Gasteiger partial charge in [0.25, 0.3) is 0 Å². The van der Waals surface area contributed by atoms with Gasteiger partial charge in [-0.25, -0.2) is 0 Å². The Labute approximate surface area is 67.6 Å². The minimum Gasteiger partial charge on any atom is -0.319 e. The largest absolute Gasteiger partial charge is 0.319 e. The smallest absolute Gasteiger partial charge is 0.319 e. The second-order valence-electron chi connectivity index (χ2n) is 1.84. The van der Waals surface area contributed by atoms with Crippen molar-refractivity contribution in [2.45, 2.75) is 11.3 Å². The SMILES string of the molecule is CNCC/C=C/C(F)(F)Br. The minimum absolute atomic E-state index is 0.623. The summed E-state index contributed by atoms with van der Waals surface area (Å²) in [6.45, 7) is 0.722. The van der Waals surface area contributed by atoms with Gasteiger partial charge in [-0.3, -0.25) is 0 Å². The summed E-state index contributed by atoms with van der Waals surface area (Å²) in [6, 6.07) is 0. The molecule has 0 saturated heterocycles. The summed E-state index contributed by atoms with van der Waals surface area (Å²) in [5.74, 6) is 0. The molecule has 0 aromatic heterocycles. The van der Waals surface area contributed by atoms with Crippen molar-refractivity contribution < 1.29 is 8.78 Å². The Morgan fingerprint density at radius 2 is 2.20 bits per heavy atom. The Balaban J connectivity index is 3.37. The van der Waals surface area contributed by atoms with E-state index in [1.807, 2.05) is 0 Å². The molecule has 0 rings (SSSR count). The van der Waals surface area contributed by atoms with Crippen LogP contribution in [0.3, 0.4) is 0 Å². The van der Waals surface area contributed by atoms with Crippen molar-refractivity contribution in [2.24, 2.45) is 0 Å². The maximum Gasteiger partial charge on any atom is 0.319 e. The summed E-state index contributed by atoms with van der Waals surface area (Å²) in [7, 11) is 1.78. The van der Waals surface area contributed by atoms with Gasteiger partial charge in [0.15, 0.2) is 0 Å². The van der Waals surface area contributed by atoms with Crippen LogP contribution in [-0.2, 0) is 0 Å². The van der Waals surface area contributed by atoms with E-state index in [9.17, 15) is 8.78 Å². The van der Waals surface area contributed by atoms with Gasteiger partial charge in [0.1, 0.15) is 0 Å². The molecule has 0 unspecified atom stereocenters. The molecular weight excluding hydrogens is 204 g/mol. The van der Waals surface area contributed by atoms with Gasteiger partial charge in [0.2, 0.25) is 0 Å². The highest BCUT2D eigenvalue weighted by Crippen LogP contribution is 2.22. The molecule has 0 radical (unpaired) electrons. The molecule has 0 bridgehead atoms. The Morgan fingerprint density at radius 1 is 1.60 bits per heavy atom. The lowest BCUT2D eigenvalue weighted by molar-refractivity contribution is 0.171. The lowest BCUT2D eigenvalue weighted by atomic mass is 10.4. The van der Waals surface area contributed by atoms with E-state index in [0.29, 0.717) is 6.42 Å². The fraction of sp³-hybridized carbons (Fsp3) is 0.667. The quantitative estimate of drug-likeness (QED) is 0.429. The molecule has 0 amide bonds. The summed E-state index contributed by atoms with van der Waals surface area (Å²) in [4.78, 5) is -2.85. The predicted molar refractivity (Wildman–Crippen MR) is 41.6 cm³/mol. The maximum absolute atomic E-state index is 12.0. The van der Waals surface area contributed by atoms with Gasteiger partial charge < -0.3 is 5.32 Å². The zero-order chi connectivity index (χ0) is 8.04. The second-order valence-corrected chi connectivity index (χ2v) is 2.89. The topological polar surface area (TPSA) is 12.0 Å². The summed E-state index contributed by atoms with van der Waals surface area (Å²) < 4.78 is 23.9. The van der Waals surface area contributed by atoms with Crippen LogP contribution in [0.2, 0.25) is 0 Å². The minimum atomic E-state index is -2.85. The number of halogens is 3. The van der Waals surface area contributed by atoms with Crippen LogP contribution in [0, 0.1) is 0 Å². The van der Waals surface area contributed by atoms with Crippen LogP contribution in [0.15, 0.2) is 12.2 Å². The molecular formula is C6H10BrF2N. The van der Waals surface area contributed by atoms with E-state index < -0.39 is 4.83 Å². The molecule has 10 heavy (non-hydrogen) atoms. The third-order valence-electron chi connectivity index (χ3n) is 0.868. The van der Waals surface area contributed by atoms with Crippen molar-refractivity contribution in [1.29, 1.82) is 0 Å². The van der Waals surface area contributed by atoms with Crippen LogP contribution < -0.4 is 5.32 Å². The number of allylic oxidation sites excluding steroid dienone is 1. The molecule has 0 atom stereocenters. The van der Waals surface area contributed by atoms with Gasteiger partial charge in [-0.15, -0.1) is 0 Å². The van der Waals surface area contributed by atoms with Crippen LogP contribution in [0.5, 0.6) is 0 Å². The van der Waals surface area contributed by atoms with E-state index in [0.717, 1.165) is 12.6 Å². The van der Waals surface area contributed by atoms with E-state index >= 15 is 0 Å². The average molecular weight is 214 g/mol. The molecule has 0 fully saturated rings. The number of hydrogen-bond donors (Lipinski definition) is 1. The summed E-state index contributed by atoms with van der Waals surface area (Å²) in [5.41, 5.74) is 0. The van der Waals surface area contributed by atoms with Crippen LogP contribution in [0.1, 0.15) is 6.42 Å². The fourth-order valence-electron chi connectivity index (χ4n) is 0.445. The predicted octanol–water partition coefficient (Wildman–Crippen LogP) is 2.14. The second kappa shape index (κ2) is 4.79. The molecule has 1 N–H and O–H groups in total. The molecule has 0 heterocycles. The first-order valence-corrected chi connectivity index (χ1v) is 3.74. The molecule has 0 aliphatic carbocycles. The number of rotatable bonds is 4. The first-order valence-electron chi connectivity index (χ1n) is 2.95. The molecule has 0 aliphatic rings. The molecule has 0 saturated carbocycles. The van der Waals surface area contributed by atoms with Gasteiger partial charge in [0, 0.05) is 0 Å². The van der Waals surface area contributed by atoms with Gasteiger partial charge in [-0.2, -0.15) is 8.78 Å². The van der Waals surface area contributed by atoms with Crippen molar-refractivity contribution in [3.05, 3.63) is 12.2 Å². The highest BCUT2D eigenvalue weighted by atomic mass is 79.9. The molecule has 0 aromatic rings. The van der Waals surface area contributed by atoms with Crippen LogP contribution in [0.25, 0.3) is 0 Å². The lowest BCUT2D eigenvalue weighted by Crippen LogP contribution is -2.06. The Bertz CT molecular complexity index is 109. The van der Waals surface area contributed by atoms with Crippen LogP contribution in [0.4, 0.5) is 8.78 Å². The van der Waals surface area contributed by atoms with E-state index in [4.69, 9.17) is 0 Å². The first-order chi connectivity index (χ1) is 4.56. The summed E-state index contributed by atoms with van der Waals surface area (Å²) in [6.07, 6.45) is 2.90. The number of alkyl halides is 3. The first kappa shape index (κ1) is 10.0. The van der Waals surface area contributed by atoms with E-state index in [1.165, 1.54) is 6.08 Å². The normalized spacial score (nSPS) is 12.8. The molecule has 0 aliphatic heterocycles. The molecule has 1 nitrogen and oxygen atoms in total. The van der Waals surface area contributed by atoms with Crippen LogP contribution >= 0.6 is 15.9 Å². The molecule has 0 aromatic carbocycles. The van der Waals surface area contributed by atoms with Crippen molar-refractivity contribution in [2.75, 3.05) is 13.6 Å². The highest BCUT2D eigenvalue weighted by molar-refractivity contribution is 9.10. The fourth-order valence-corrected chi connectivity index (χ4v) is 0.632. The molecule has 0 spiro atoms. The van der Waals surface area contributed by atoms with Gasteiger partial charge in [0.05, 0.1) is 0 Å². The van der Waals surface area contributed by atoms with Gasteiger partial charge in [-0.1, -0.05) is 6.08 Å². The number of nitrogens with one attached hydrogen (secondary N) is 1. The highest BCUT2D eigenvalue weighted by Gasteiger charge is 2.17. The Morgan fingerprint density at radius 3 is 2.60 bits per heavy atom. The maximum atomic E-state index is 12.0. The van der Waals surface area contributed by atoms with Crippen molar-refractivity contribution >= 4 is 15.9 Å². The van der Waals surface area contributed by atoms with Crippen LogP contribution in [-0.4, -0.2) is 18.4 Å². The molecule has 4 heteroatoms. The average Bonchev–Trinajstić information content (AvgIpc) is 1.78. The van der Waals surface area contributed by atoms with Crippen molar-refractivity contribution in [3.63, 3.8) is 0 Å². The van der Waals surface area contributed by atoms with Gasteiger partial charge in [-0.05, 0) is 42.0 Å². The van der Waals surface area contributed by atoms with Crippen molar-refractivity contribution in [3.8, 4) is 0 Å². The third-order valence-corrected chi connectivity index (χ3v) is 1.13. The zero-order valence-electron chi connectivity index (χ0n) is 5.70. The van der Waals surface area contributed by atoms with E-state index in [-0.39, 0.29) is 0 Å². The summed E-state index contributed by atoms with van der Waals surface area (Å²) >= 11 is 2.19. The summed E-state index contributed by atoms with van der Waals surface area (Å²) in [5, 5.41) is 2.84. The van der Waals surface area contributed by atoms with E-state index in [1.54, 1.807) is 7.05 Å². The molecule has 60 valence electrons.